The largest absolute Gasteiger partial charge is 0.508 e. The van der Waals surface area contributed by atoms with Crippen molar-refractivity contribution in [2.45, 2.75) is 71.6 Å². The number of rotatable bonds is 11. The van der Waals surface area contributed by atoms with Gasteiger partial charge in [0.1, 0.15) is 29.2 Å². The van der Waals surface area contributed by atoms with E-state index < -0.39 is 35.6 Å². The molecule has 2 unspecified atom stereocenters. The molecule has 0 aliphatic heterocycles. The molecule has 0 bridgehead atoms. The number of nitrogens with one attached hydrogen (secondary N) is 2. The summed E-state index contributed by atoms with van der Waals surface area (Å²) >= 11 is 0. The second kappa shape index (κ2) is 14.4. The van der Waals surface area contributed by atoms with Gasteiger partial charge in [0.25, 0.3) is 5.91 Å². The zero-order valence-corrected chi connectivity index (χ0v) is 24.9. The quantitative estimate of drug-likeness (QED) is 0.227. The van der Waals surface area contributed by atoms with E-state index in [2.05, 4.69) is 10.6 Å². The fourth-order valence-corrected chi connectivity index (χ4v) is 4.49. The lowest BCUT2D eigenvalue weighted by atomic mass is 9.99. The lowest BCUT2D eigenvalue weighted by Crippen LogP contribution is -2.53. The number of phenols is 2. The van der Waals surface area contributed by atoms with Crippen LogP contribution in [0.2, 0.25) is 0 Å². The van der Waals surface area contributed by atoms with Crippen LogP contribution in [0.15, 0.2) is 72.8 Å². The molecule has 0 spiro atoms. The van der Waals surface area contributed by atoms with Gasteiger partial charge in [0, 0.05) is 18.7 Å². The van der Waals surface area contributed by atoms with Crippen molar-refractivity contribution in [3.8, 4) is 11.5 Å². The number of hydrogen-bond acceptors (Lipinski definition) is 6. The van der Waals surface area contributed by atoms with Crippen LogP contribution in [0.5, 0.6) is 11.5 Å². The summed E-state index contributed by atoms with van der Waals surface area (Å²) in [5.74, 6) is -0.921. The first kappa shape index (κ1) is 32.0. The van der Waals surface area contributed by atoms with Crippen LogP contribution in [0.25, 0.3) is 0 Å². The van der Waals surface area contributed by atoms with Gasteiger partial charge in [-0.3, -0.25) is 9.59 Å². The molecule has 2 atom stereocenters. The number of ether oxygens (including phenoxy) is 1. The number of unbranched alkanes of at least 4 members (excludes halogenated alkanes) is 1. The van der Waals surface area contributed by atoms with Gasteiger partial charge in [0.15, 0.2) is 0 Å². The zero-order valence-electron chi connectivity index (χ0n) is 24.9. The number of alkyl carbamates (subject to hydrolysis) is 1. The lowest BCUT2D eigenvalue weighted by molar-refractivity contribution is -0.140. The van der Waals surface area contributed by atoms with Gasteiger partial charge < -0.3 is 30.5 Å². The smallest absolute Gasteiger partial charge is 0.408 e. The van der Waals surface area contributed by atoms with Gasteiger partial charge in [-0.15, -0.1) is 0 Å². The van der Waals surface area contributed by atoms with Crippen molar-refractivity contribution in [1.29, 1.82) is 0 Å². The van der Waals surface area contributed by atoms with Gasteiger partial charge in [0.2, 0.25) is 5.91 Å². The number of phenolic OH excluding ortho intramolecular Hbond substituents is 2. The van der Waals surface area contributed by atoms with E-state index in [1.165, 1.54) is 29.2 Å². The van der Waals surface area contributed by atoms with Crippen LogP contribution >= 0.6 is 0 Å². The van der Waals surface area contributed by atoms with Gasteiger partial charge in [-0.25, -0.2) is 4.79 Å². The topological polar surface area (TPSA) is 128 Å². The summed E-state index contributed by atoms with van der Waals surface area (Å²) in [5, 5.41) is 25.7. The highest BCUT2D eigenvalue weighted by Gasteiger charge is 2.36. The van der Waals surface area contributed by atoms with E-state index in [0.29, 0.717) is 23.2 Å². The molecule has 0 aliphatic carbocycles. The molecule has 0 radical (unpaired) electrons. The van der Waals surface area contributed by atoms with E-state index in [4.69, 9.17) is 4.74 Å². The van der Waals surface area contributed by atoms with Crippen LogP contribution in [0.1, 0.15) is 63.3 Å². The number of carbonyl (C=O) groups excluding carboxylic acids is 3. The summed E-state index contributed by atoms with van der Waals surface area (Å²) < 4.78 is 5.46. The first-order chi connectivity index (χ1) is 19.9. The van der Waals surface area contributed by atoms with E-state index in [-0.39, 0.29) is 24.5 Å². The van der Waals surface area contributed by atoms with E-state index in [9.17, 15) is 24.6 Å². The Hall–Kier alpha value is -4.53. The number of benzene rings is 3. The number of carbonyl (C=O) groups is 3. The van der Waals surface area contributed by atoms with Crippen molar-refractivity contribution in [2.75, 3.05) is 11.9 Å². The van der Waals surface area contributed by atoms with Crippen molar-refractivity contribution in [2.24, 2.45) is 0 Å². The van der Waals surface area contributed by atoms with Crippen LogP contribution in [-0.2, 0) is 20.7 Å². The number of para-hydroxylation sites is 1. The molecule has 3 amide bonds. The van der Waals surface area contributed by atoms with Crippen molar-refractivity contribution >= 4 is 23.6 Å². The average Bonchev–Trinajstić information content (AvgIpc) is 2.91. The maximum atomic E-state index is 14.4. The number of amides is 3. The van der Waals surface area contributed by atoms with Crippen molar-refractivity contribution < 1.29 is 29.3 Å². The highest BCUT2D eigenvalue weighted by atomic mass is 16.6. The average molecular weight is 576 g/mol. The molecule has 224 valence electrons. The van der Waals surface area contributed by atoms with Crippen LogP contribution in [-0.4, -0.2) is 51.2 Å². The highest BCUT2D eigenvalue weighted by molar-refractivity contribution is 5.99. The first-order valence-electron chi connectivity index (χ1n) is 14.1. The van der Waals surface area contributed by atoms with Crippen molar-refractivity contribution in [3.63, 3.8) is 0 Å². The minimum absolute atomic E-state index is 0.0448. The van der Waals surface area contributed by atoms with Crippen LogP contribution in [0.3, 0.4) is 0 Å². The molecule has 0 aromatic heterocycles. The Kier molecular flexibility index (Phi) is 11.0. The summed E-state index contributed by atoms with van der Waals surface area (Å²) in [5.41, 5.74) is 1.77. The predicted molar refractivity (Wildman–Crippen MR) is 162 cm³/mol. The molecular weight excluding hydrogens is 534 g/mol. The minimum atomic E-state index is -1.11. The highest BCUT2D eigenvalue weighted by Crippen LogP contribution is 2.28. The molecule has 0 saturated carbocycles. The first-order valence-corrected chi connectivity index (χ1v) is 14.1. The third kappa shape index (κ3) is 9.26. The minimum Gasteiger partial charge on any atom is -0.508 e. The summed E-state index contributed by atoms with van der Waals surface area (Å²) in [4.78, 5) is 42.7. The molecule has 4 N–H and O–H groups in total. The maximum Gasteiger partial charge on any atom is 0.408 e. The number of nitrogens with zero attached hydrogens (tertiary/aromatic N) is 1. The fourth-order valence-electron chi connectivity index (χ4n) is 4.49. The molecule has 42 heavy (non-hydrogen) atoms. The summed E-state index contributed by atoms with van der Waals surface area (Å²) in [6.07, 6.45) is 0.663. The predicted octanol–water partition coefficient (Wildman–Crippen LogP) is 5.85. The second-order valence-corrected chi connectivity index (χ2v) is 11.3. The van der Waals surface area contributed by atoms with E-state index >= 15 is 0 Å². The Morgan fingerprint density at radius 2 is 1.62 bits per heavy atom. The zero-order chi connectivity index (χ0) is 30.9. The normalized spacial score (nSPS) is 12.6. The Morgan fingerprint density at radius 1 is 0.929 bits per heavy atom. The third-order valence-corrected chi connectivity index (χ3v) is 6.55. The van der Waals surface area contributed by atoms with Crippen LogP contribution in [0, 0.1) is 6.92 Å². The van der Waals surface area contributed by atoms with Crippen LogP contribution < -0.4 is 10.6 Å². The van der Waals surface area contributed by atoms with E-state index in [1.807, 2.05) is 32.0 Å². The summed E-state index contributed by atoms with van der Waals surface area (Å²) in [6.45, 7) is 9.25. The van der Waals surface area contributed by atoms with Crippen molar-refractivity contribution in [1.82, 2.24) is 10.2 Å². The molecule has 3 aromatic rings. The molecule has 9 nitrogen and oxygen atoms in total. The van der Waals surface area contributed by atoms with Gasteiger partial charge >= 0.3 is 6.09 Å². The Morgan fingerprint density at radius 3 is 2.24 bits per heavy atom. The molecule has 3 rings (SSSR count). The molecule has 0 aliphatic rings. The standard InChI is InChI=1S/C33H41N3O6/c1-6-7-19-36(29(24-12-10-13-26(38)21-24)30(39)34-27-14-9-8-11-22(27)2)31(40)28(35-32(41)42-33(3,4)5)20-23-15-17-25(37)18-16-23/h8-18,21,28-29,37-38H,6-7,19-20H2,1-5H3,(H,34,39)(H,35,41). The van der Waals surface area contributed by atoms with Gasteiger partial charge in [-0.05, 0) is 81.1 Å². The van der Waals surface area contributed by atoms with Gasteiger partial charge in [0.05, 0.1) is 0 Å². The van der Waals surface area contributed by atoms with Crippen molar-refractivity contribution in [3.05, 3.63) is 89.5 Å². The molecule has 0 heterocycles. The molecule has 0 saturated heterocycles. The lowest BCUT2D eigenvalue weighted by Gasteiger charge is -2.34. The number of aromatic hydroxyl groups is 2. The molecule has 9 heteroatoms. The van der Waals surface area contributed by atoms with Gasteiger partial charge in [-0.1, -0.05) is 55.8 Å². The SMILES string of the molecule is CCCCN(C(=O)C(Cc1ccc(O)cc1)NC(=O)OC(C)(C)C)C(C(=O)Nc1ccccc1C)c1cccc(O)c1. The monoisotopic (exact) mass is 575 g/mol. The van der Waals surface area contributed by atoms with Crippen LogP contribution in [0.4, 0.5) is 10.5 Å². The number of hydrogen-bond donors (Lipinski definition) is 4. The second-order valence-electron chi connectivity index (χ2n) is 11.3. The molecular formula is C33H41N3O6. The molecule has 3 aromatic carbocycles. The van der Waals surface area contributed by atoms with E-state index in [0.717, 1.165) is 12.0 Å². The van der Waals surface area contributed by atoms with E-state index in [1.54, 1.807) is 51.1 Å². The fraction of sp³-hybridized carbons (Fsp3) is 0.364. The van der Waals surface area contributed by atoms with Gasteiger partial charge in [-0.2, -0.15) is 0 Å². The summed E-state index contributed by atoms with van der Waals surface area (Å²) in [7, 11) is 0. The third-order valence-electron chi connectivity index (χ3n) is 6.55. The summed E-state index contributed by atoms with van der Waals surface area (Å²) in [6, 6.07) is 17.7. The Balaban J connectivity index is 2.07. The number of aryl methyl sites for hydroxylation is 1. The Bertz CT molecular complexity index is 1370. The number of anilines is 1. The Labute approximate surface area is 247 Å². The maximum absolute atomic E-state index is 14.4. The molecule has 0 fully saturated rings.